The molecule has 2 unspecified atom stereocenters. The summed E-state index contributed by atoms with van der Waals surface area (Å²) in [5.41, 5.74) is 7.36. The molecule has 1 fully saturated rings. The van der Waals surface area contributed by atoms with Gasteiger partial charge in [0.1, 0.15) is 0 Å². The third-order valence-corrected chi connectivity index (χ3v) is 6.23. The average molecular weight is 400 g/mol. The lowest BCUT2D eigenvalue weighted by molar-refractivity contribution is -0.143. The van der Waals surface area contributed by atoms with Gasteiger partial charge in [-0.25, -0.2) is 0 Å². The van der Waals surface area contributed by atoms with Gasteiger partial charge in [0, 0.05) is 6.54 Å². The third kappa shape index (κ3) is 4.31. The number of piperidine rings is 1. The number of hydrogen-bond acceptors (Lipinski definition) is 2. The molecule has 0 radical (unpaired) electrons. The first kappa shape index (κ1) is 20.4. The van der Waals surface area contributed by atoms with E-state index in [0.29, 0.717) is 6.54 Å². The highest BCUT2D eigenvalue weighted by Gasteiger charge is 2.32. The Hall–Kier alpha value is -2.91. The molecule has 0 aliphatic carbocycles. The minimum absolute atomic E-state index is 0.0665. The van der Waals surface area contributed by atoms with Crippen molar-refractivity contribution in [3.8, 4) is 11.1 Å². The van der Waals surface area contributed by atoms with Gasteiger partial charge in [-0.1, -0.05) is 78.4 Å². The summed E-state index contributed by atoms with van der Waals surface area (Å²) in [7, 11) is 0. The molecule has 3 nitrogen and oxygen atoms in total. The molecule has 2 atom stereocenters. The zero-order valence-electron chi connectivity index (χ0n) is 17.7. The lowest BCUT2D eigenvalue weighted by Crippen LogP contribution is -2.41. The van der Waals surface area contributed by atoms with Crippen LogP contribution in [-0.4, -0.2) is 29.1 Å². The quantitative estimate of drug-likeness (QED) is 0.584. The van der Waals surface area contributed by atoms with Gasteiger partial charge in [-0.05, 0) is 61.1 Å². The molecule has 4 rings (SSSR count). The van der Waals surface area contributed by atoms with Crippen molar-refractivity contribution in [1.82, 2.24) is 4.90 Å². The highest BCUT2D eigenvalue weighted by Crippen LogP contribution is 2.35. The van der Waals surface area contributed by atoms with E-state index in [1.165, 1.54) is 33.4 Å². The number of aliphatic carboxylic acids is 1. The summed E-state index contributed by atoms with van der Waals surface area (Å²) in [6, 6.07) is 25.8. The number of carbonyl (C=O) groups is 1. The predicted molar refractivity (Wildman–Crippen MR) is 122 cm³/mol. The van der Waals surface area contributed by atoms with Crippen LogP contribution in [0.1, 0.15) is 41.1 Å². The van der Waals surface area contributed by atoms with Gasteiger partial charge in [0.2, 0.25) is 0 Å². The van der Waals surface area contributed by atoms with E-state index in [4.69, 9.17) is 0 Å². The number of hydrogen-bond donors (Lipinski definition) is 1. The van der Waals surface area contributed by atoms with Crippen LogP contribution in [0.25, 0.3) is 11.1 Å². The largest absolute Gasteiger partial charge is 0.481 e. The molecule has 30 heavy (non-hydrogen) atoms. The number of likely N-dealkylation sites (tertiary alicyclic amines) is 1. The molecule has 3 aromatic carbocycles. The normalized spacial score (nSPS) is 18.1. The fourth-order valence-corrected chi connectivity index (χ4v) is 4.57. The number of rotatable bonds is 5. The van der Waals surface area contributed by atoms with Gasteiger partial charge >= 0.3 is 5.97 Å². The van der Waals surface area contributed by atoms with E-state index in [1.807, 2.05) is 6.07 Å². The molecule has 0 aromatic heterocycles. The number of benzene rings is 3. The number of carboxylic acids is 1. The van der Waals surface area contributed by atoms with E-state index < -0.39 is 5.97 Å². The van der Waals surface area contributed by atoms with Gasteiger partial charge < -0.3 is 5.11 Å². The second-order valence-electron chi connectivity index (χ2n) is 8.42. The molecule has 154 valence electrons. The highest BCUT2D eigenvalue weighted by molar-refractivity contribution is 5.70. The molecule has 3 heteroatoms. The molecule has 0 saturated carbocycles. The fourth-order valence-electron chi connectivity index (χ4n) is 4.57. The van der Waals surface area contributed by atoms with Gasteiger partial charge in [0.15, 0.2) is 0 Å². The predicted octanol–water partition coefficient (Wildman–Crippen LogP) is 5.86. The van der Waals surface area contributed by atoms with E-state index in [-0.39, 0.29) is 12.0 Å². The molecule has 1 saturated heterocycles. The molecule has 0 amide bonds. The molecular formula is C27H29NO2. The minimum atomic E-state index is -0.682. The van der Waals surface area contributed by atoms with Crippen LogP contribution in [0.5, 0.6) is 0 Å². The smallest absolute Gasteiger partial charge is 0.307 e. The van der Waals surface area contributed by atoms with Crippen molar-refractivity contribution in [2.75, 3.05) is 13.1 Å². The Morgan fingerprint density at radius 2 is 1.67 bits per heavy atom. The SMILES string of the molecule is Cc1ccc(C)c(C(c2ccc(-c3ccccc3)cc2)N2CCCC(C(=O)O)C2)c1. The topological polar surface area (TPSA) is 40.5 Å². The Bertz CT molecular complexity index is 1010. The number of nitrogens with zero attached hydrogens (tertiary/aromatic N) is 1. The van der Waals surface area contributed by atoms with Crippen molar-refractivity contribution in [2.45, 2.75) is 32.7 Å². The van der Waals surface area contributed by atoms with Crippen molar-refractivity contribution in [2.24, 2.45) is 5.92 Å². The summed E-state index contributed by atoms with van der Waals surface area (Å²) in [6.07, 6.45) is 1.68. The van der Waals surface area contributed by atoms with Crippen LogP contribution in [0, 0.1) is 19.8 Å². The van der Waals surface area contributed by atoms with Crippen LogP contribution in [0.2, 0.25) is 0 Å². The van der Waals surface area contributed by atoms with Crippen molar-refractivity contribution in [3.63, 3.8) is 0 Å². The maximum absolute atomic E-state index is 11.7. The number of aryl methyl sites for hydroxylation is 2. The summed E-state index contributed by atoms with van der Waals surface area (Å²) >= 11 is 0. The first-order chi connectivity index (χ1) is 14.5. The van der Waals surface area contributed by atoms with Crippen LogP contribution < -0.4 is 0 Å². The van der Waals surface area contributed by atoms with Gasteiger partial charge in [-0.3, -0.25) is 9.69 Å². The summed E-state index contributed by atoms with van der Waals surface area (Å²) < 4.78 is 0. The van der Waals surface area contributed by atoms with Gasteiger partial charge in [0.25, 0.3) is 0 Å². The maximum atomic E-state index is 11.7. The first-order valence-electron chi connectivity index (χ1n) is 10.7. The monoisotopic (exact) mass is 399 g/mol. The van der Waals surface area contributed by atoms with E-state index >= 15 is 0 Å². The molecule has 1 aliphatic heterocycles. The number of carboxylic acid groups (broad SMARTS) is 1. The van der Waals surface area contributed by atoms with E-state index in [0.717, 1.165) is 19.4 Å². The standard InChI is InChI=1S/C27H29NO2/c1-19-10-11-20(2)25(17-19)26(28-16-6-9-24(18-28)27(29)30)23-14-12-22(13-15-23)21-7-4-3-5-8-21/h3-5,7-8,10-15,17,24,26H,6,9,16,18H2,1-2H3,(H,29,30). The van der Waals surface area contributed by atoms with Crippen molar-refractivity contribution in [1.29, 1.82) is 0 Å². The molecule has 1 heterocycles. The Labute approximate surface area is 179 Å². The minimum Gasteiger partial charge on any atom is -0.481 e. The zero-order chi connectivity index (χ0) is 21.1. The molecule has 1 N–H and O–H groups in total. The van der Waals surface area contributed by atoms with Crippen LogP contribution in [0.3, 0.4) is 0 Å². The highest BCUT2D eigenvalue weighted by atomic mass is 16.4. The van der Waals surface area contributed by atoms with Crippen LogP contribution >= 0.6 is 0 Å². The lowest BCUT2D eigenvalue weighted by Gasteiger charge is -2.38. The van der Waals surface area contributed by atoms with Gasteiger partial charge in [-0.15, -0.1) is 0 Å². The fraction of sp³-hybridized carbons (Fsp3) is 0.296. The first-order valence-corrected chi connectivity index (χ1v) is 10.7. The Balaban J connectivity index is 1.73. The summed E-state index contributed by atoms with van der Waals surface area (Å²) in [6.45, 7) is 5.78. The maximum Gasteiger partial charge on any atom is 0.307 e. The summed E-state index contributed by atoms with van der Waals surface area (Å²) in [5.74, 6) is -0.978. The van der Waals surface area contributed by atoms with Gasteiger partial charge in [-0.2, -0.15) is 0 Å². The van der Waals surface area contributed by atoms with Crippen molar-refractivity contribution in [3.05, 3.63) is 95.1 Å². The molecular weight excluding hydrogens is 370 g/mol. The molecule has 0 spiro atoms. The van der Waals surface area contributed by atoms with E-state index in [1.54, 1.807) is 0 Å². The van der Waals surface area contributed by atoms with Crippen LogP contribution in [-0.2, 0) is 4.79 Å². The van der Waals surface area contributed by atoms with E-state index in [2.05, 4.69) is 85.5 Å². The average Bonchev–Trinajstić information content (AvgIpc) is 2.78. The van der Waals surface area contributed by atoms with Crippen LogP contribution in [0.4, 0.5) is 0 Å². The van der Waals surface area contributed by atoms with Gasteiger partial charge in [0.05, 0.1) is 12.0 Å². The summed E-state index contributed by atoms with van der Waals surface area (Å²) in [4.78, 5) is 14.1. The Kier molecular flexibility index (Phi) is 6.01. The van der Waals surface area contributed by atoms with E-state index in [9.17, 15) is 9.90 Å². The van der Waals surface area contributed by atoms with Crippen molar-refractivity contribution >= 4 is 5.97 Å². The Morgan fingerprint density at radius 3 is 2.37 bits per heavy atom. The van der Waals surface area contributed by atoms with Crippen LogP contribution in [0.15, 0.2) is 72.8 Å². The molecule has 3 aromatic rings. The second kappa shape index (κ2) is 8.85. The molecule has 1 aliphatic rings. The summed E-state index contributed by atoms with van der Waals surface area (Å²) in [5, 5.41) is 9.61. The second-order valence-corrected chi connectivity index (χ2v) is 8.42. The molecule has 0 bridgehead atoms. The zero-order valence-corrected chi connectivity index (χ0v) is 17.7. The lowest BCUT2D eigenvalue weighted by atomic mass is 9.88. The third-order valence-electron chi connectivity index (χ3n) is 6.23. The Morgan fingerprint density at radius 1 is 0.967 bits per heavy atom. The van der Waals surface area contributed by atoms with Crippen molar-refractivity contribution < 1.29 is 9.90 Å².